The molecule has 0 spiro atoms. The molecule has 6 nitrogen and oxygen atoms in total. The van der Waals surface area contributed by atoms with Crippen LogP contribution in [0.1, 0.15) is 34.8 Å². The highest BCUT2D eigenvalue weighted by molar-refractivity contribution is 5.92. The Morgan fingerprint density at radius 3 is 2.88 bits per heavy atom. The molecule has 0 aliphatic carbocycles. The molecule has 0 unspecified atom stereocenters. The lowest BCUT2D eigenvalue weighted by Gasteiger charge is -2.39. The van der Waals surface area contributed by atoms with Crippen molar-refractivity contribution in [2.24, 2.45) is 0 Å². The van der Waals surface area contributed by atoms with Crippen molar-refractivity contribution in [3.63, 3.8) is 0 Å². The lowest BCUT2D eigenvalue weighted by Crippen LogP contribution is -2.49. The van der Waals surface area contributed by atoms with Crippen molar-refractivity contribution in [2.75, 3.05) is 33.8 Å². The Morgan fingerprint density at radius 2 is 2.17 bits per heavy atom. The van der Waals surface area contributed by atoms with Crippen LogP contribution in [-0.4, -0.2) is 54.7 Å². The summed E-state index contributed by atoms with van der Waals surface area (Å²) in [7, 11) is 3.75. The van der Waals surface area contributed by atoms with Crippen molar-refractivity contribution in [3.8, 4) is 5.75 Å². The number of ether oxygens (including phenoxy) is 1. The first-order valence-corrected chi connectivity index (χ1v) is 8.22. The number of aromatic nitrogens is 1. The molecule has 0 saturated carbocycles. The quantitative estimate of drug-likeness (QED) is 0.862. The maximum Gasteiger partial charge on any atom is 0.276 e. The number of para-hydroxylation sites is 1. The van der Waals surface area contributed by atoms with Crippen LogP contribution in [0.15, 0.2) is 34.9 Å². The minimum absolute atomic E-state index is 0.0774. The van der Waals surface area contributed by atoms with E-state index in [1.165, 1.54) is 0 Å². The maximum absolute atomic E-state index is 12.7. The van der Waals surface area contributed by atoms with Gasteiger partial charge < -0.3 is 14.2 Å². The van der Waals surface area contributed by atoms with E-state index in [0.29, 0.717) is 18.8 Å². The SMILES string of the molecule is CCc1cc(C(=O)N2CCN(C)[C@@H](c3ccccc3OC)C2)no1. The van der Waals surface area contributed by atoms with Crippen LogP contribution in [0.4, 0.5) is 0 Å². The number of hydrogen-bond acceptors (Lipinski definition) is 5. The van der Waals surface area contributed by atoms with Gasteiger partial charge in [-0.25, -0.2) is 0 Å². The molecule has 0 N–H and O–H groups in total. The molecule has 1 amide bonds. The average molecular weight is 329 g/mol. The number of methoxy groups -OCH3 is 1. The lowest BCUT2D eigenvalue weighted by atomic mass is 10.0. The standard InChI is InChI=1S/C18H23N3O3/c1-4-13-11-15(19-24-13)18(22)21-10-9-20(2)16(12-21)14-7-5-6-8-17(14)23-3/h5-8,11,16H,4,9-10,12H2,1-3H3/t16-/m1/s1. The zero-order chi connectivity index (χ0) is 17.1. The minimum Gasteiger partial charge on any atom is -0.496 e. The van der Waals surface area contributed by atoms with Gasteiger partial charge in [-0.3, -0.25) is 9.69 Å². The molecule has 1 aliphatic heterocycles. The summed E-state index contributed by atoms with van der Waals surface area (Å²) in [5.74, 6) is 1.50. The van der Waals surface area contributed by atoms with Gasteiger partial charge in [0.05, 0.1) is 13.2 Å². The van der Waals surface area contributed by atoms with Crippen LogP contribution in [0.5, 0.6) is 5.75 Å². The molecule has 1 aliphatic rings. The highest BCUT2D eigenvalue weighted by atomic mass is 16.5. The number of carbonyl (C=O) groups is 1. The summed E-state index contributed by atoms with van der Waals surface area (Å²) in [4.78, 5) is 16.8. The van der Waals surface area contributed by atoms with E-state index in [1.807, 2.05) is 30.0 Å². The maximum atomic E-state index is 12.7. The second-order valence-electron chi connectivity index (χ2n) is 6.02. The highest BCUT2D eigenvalue weighted by Crippen LogP contribution is 2.31. The van der Waals surface area contributed by atoms with Gasteiger partial charge in [0.25, 0.3) is 5.91 Å². The topological polar surface area (TPSA) is 58.8 Å². The summed E-state index contributed by atoms with van der Waals surface area (Å²) in [6.07, 6.45) is 0.729. The van der Waals surface area contributed by atoms with Crippen molar-refractivity contribution in [1.82, 2.24) is 15.0 Å². The number of hydrogen-bond donors (Lipinski definition) is 0. The first-order chi connectivity index (χ1) is 11.6. The molecule has 1 saturated heterocycles. The molecule has 128 valence electrons. The van der Waals surface area contributed by atoms with Crippen molar-refractivity contribution >= 4 is 5.91 Å². The Bertz CT molecular complexity index is 713. The number of likely N-dealkylation sites (N-methyl/N-ethyl adjacent to an activating group) is 1. The van der Waals surface area contributed by atoms with Crippen LogP contribution in [0.3, 0.4) is 0 Å². The van der Waals surface area contributed by atoms with Gasteiger partial charge in [0.15, 0.2) is 5.69 Å². The third-order valence-corrected chi connectivity index (χ3v) is 4.56. The molecule has 1 atom stereocenters. The fraction of sp³-hybridized carbons (Fsp3) is 0.444. The van der Waals surface area contributed by atoms with E-state index >= 15 is 0 Å². The molecule has 1 aromatic carbocycles. The molecule has 1 fully saturated rings. The zero-order valence-electron chi connectivity index (χ0n) is 14.4. The smallest absolute Gasteiger partial charge is 0.276 e. The molecule has 1 aromatic heterocycles. The summed E-state index contributed by atoms with van der Waals surface area (Å²) in [5, 5.41) is 3.91. The average Bonchev–Trinajstić information content (AvgIpc) is 3.10. The largest absolute Gasteiger partial charge is 0.496 e. The predicted molar refractivity (Wildman–Crippen MR) is 90.1 cm³/mol. The van der Waals surface area contributed by atoms with Gasteiger partial charge in [0, 0.05) is 37.7 Å². The molecule has 6 heteroatoms. The number of carbonyl (C=O) groups excluding carboxylic acids is 1. The van der Waals surface area contributed by atoms with E-state index in [0.717, 1.165) is 30.0 Å². The number of nitrogens with zero attached hydrogens (tertiary/aromatic N) is 3. The van der Waals surface area contributed by atoms with Crippen LogP contribution in [0, 0.1) is 0 Å². The summed E-state index contributed by atoms with van der Waals surface area (Å²) < 4.78 is 10.7. The predicted octanol–water partition coefficient (Wildman–Crippen LogP) is 2.37. The zero-order valence-corrected chi connectivity index (χ0v) is 14.4. The lowest BCUT2D eigenvalue weighted by molar-refractivity contribution is 0.0533. The van der Waals surface area contributed by atoms with Crippen molar-refractivity contribution in [3.05, 3.63) is 47.3 Å². The van der Waals surface area contributed by atoms with Gasteiger partial charge in [0.2, 0.25) is 0 Å². The number of benzene rings is 1. The van der Waals surface area contributed by atoms with Gasteiger partial charge in [-0.05, 0) is 13.1 Å². The van der Waals surface area contributed by atoms with E-state index in [1.54, 1.807) is 13.2 Å². The van der Waals surface area contributed by atoms with E-state index in [-0.39, 0.29) is 11.9 Å². The minimum atomic E-state index is -0.0774. The van der Waals surface area contributed by atoms with Crippen LogP contribution < -0.4 is 4.74 Å². The Balaban J connectivity index is 1.81. The van der Waals surface area contributed by atoms with Gasteiger partial charge in [-0.2, -0.15) is 0 Å². The van der Waals surface area contributed by atoms with Gasteiger partial charge in [-0.1, -0.05) is 30.3 Å². The molecule has 2 heterocycles. The molecule has 2 aromatic rings. The van der Waals surface area contributed by atoms with Crippen LogP contribution in [-0.2, 0) is 6.42 Å². The Morgan fingerprint density at radius 1 is 1.38 bits per heavy atom. The third kappa shape index (κ3) is 3.14. The summed E-state index contributed by atoms with van der Waals surface area (Å²) in [6, 6.07) is 9.79. The Hall–Kier alpha value is -2.34. The molecular weight excluding hydrogens is 306 g/mol. The van der Waals surface area contributed by atoms with E-state index in [9.17, 15) is 4.79 Å². The molecule has 0 radical (unpaired) electrons. The van der Waals surface area contributed by atoms with Crippen molar-refractivity contribution in [1.29, 1.82) is 0 Å². The van der Waals surface area contributed by atoms with E-state index in [4.69, 9.17) is 9.26 Å². The Kier molecular flexibility index (Phi) is 4.85. The normalized spacial score (nSPS) is 18.6. The van der Waals surface area contributed by atoms with Crippen molar-refractivity contribution in [2.45, 2.75) is 19.4 Å². The summed E-state index contributed by atoms with van der Waals surface area (Å²) in [6.45, 7) is 4.05. The highest BCUT2D eigenvalue weighted by Gasteiger charge is 2.31. The summed E-state index contributed by atoms with van der Waals surface area (Å²) in [5.41, 5.74) is 1.48. The van der Waals surface area contributed by atoms with Crippen LogP contribution in [0.25, 0.3) is 0 Å². The monoisotopic (exact) mass is 329 g/mol. The van der Waals surface area contributed by atoms with Gasteiger partial charge in [0.1, 0.15) is 11.5 Å². The second-order valence-corrected chi connectivity index (χ2v) is 6.02. The van der Waals surface area contributed by atoms with E-state index < -0.39 is 0 Å². The van der Waals surface area contributed by atoms with Gasteiger partial charge >= 0.3 is 0 Å². The van der Waals surface area contributed by atoms with Crippen LogP contribution >= 0.6 is 0 Å². The summed E-state index contributed by atoms with van der Waals surface area (Å²) >= 11 is 0. The second kappa shape index (κ2) is 7.05. The van der Waals surface area contributed by atoms with Crippen molar-refractivity contribution < 1.29 is 14.1 Å². The molecule has 24 heavy (non-hydrogen) atoms. The van der Waals surface area contributed by atoms with Gasteiger partial charge in [-0.15, -0.1) is 0 Å². The number of piperazine rings is 1. The number of amides is 1. The van der Waals surface area contributed by atoms with E-state index in [2.05, 4.69) is 23.2 Å². The molecular formula is C18H23N3O3. The fourth-order valence-corrected chi connectivity index (χ4v) is 3.08. The first kappa shape index (κ1) is 16.5. The molecule has 0 bridgehead atoms. The molecule has 3 rings (SSSR count). The first-order valence-electron chi connectivity index (χ1n) is 8.22. The number of rotatable bonds is 4. The Labute approximate surface area is 142 Å². The van der Waals surface area contributed by atoms with Crippen LogP contribution in [0.2, 0.25) is 0 Å². The number of aryl methyl sites for hydroxylation is 1. The third-order valence-electron chi connectivity index (χ3n) is 4.56. The fourth-order valence-electron chi connectivity index (χ4n) is 3.08.